The number of nitrogens with two attached hydrogens (primary N) is 1. The van der Waals surface area contributed by atoms with Gasteiger partial charge in [-0.2, -0.15) is 5.10 Å². The van der Waals surface area contributed by atoms with Crippen molar-refractivity contribution < 1.29 is 18.1 Å². The monoisotopic (exact) mass is 391 g/mol. The van der Waals surface area contributed by atoms with Crippen LogP contribution in [0, 0.1) is 10.1 Å². The van der Waals surface area contributed by atoms with E-state index in [0.29, 0.717) is 17.0 Å². The molecule has 2 aromatic carbocycles. The molecule has 0 saturated carbocycles. The van der Waals surface area contributed by atoms with Crippen molar-refractivity contribution >= 4 is 38.7 Å². The minimum atomic E-state index is -4.07. The van der Waals surface area contributed by atoms with E-state index in [1.807, 2.05) is 0 Å². The summed E-state index contributed by atoms with van der Waals surface area (Å²) in [6.07, 6.45) is 0. The van der Waals surface area contributed by atoms with Crippen LogP contribution < -0.4 is 15.9 Å². The van der Waals surface area contributed by atoms with Gasteiger partial charge in [0.2, 0.25) is 15.9 Å². The Labute approximate surface area is 155 Å². The third-order valence-electron chi connectivity index (χ3n) is 3.44. The number of sulfonamides is 1. The summed E-state index contributed by atoms with van der Waals surface area (Å²) < 4.78 is 22.7. The maximum Gasteiger partial charge on any atom is 0.295 e. The topological polar surface area (TPSA) is 157 Å². The molecule has 0 aliphatic heterocycles. The van der Waals surface area contributed by atoms with E-state index >= 15 is 0 Å². The second-order valence-electron chi connectivity index (χ2n) is 5.55. The third kappa shape index (κ3) is 5.33. The van der Waals surface area contributed by atoms with E-state index in [-0.39, 0.29) is 16.5 Å². The molecular weight excluding hydrogens is 374 g/mol. The zero-order valence-corrected chi connectivity index (χ0v) is 15.3. The lowest BCUT2D eigenvalue weighted by Crippen LogP contribution is -2.12. The molecule has 11 heteroatoms. The molecule has 1 amide bonds. The fourth-order valence-corrected chi connectivity index (χ4v) is 2.70. The summed E-state index contributed by atoms with van der Waals surface area (Å²) in [6.45, 7) is 3.06. The van der Waals surface area contributed by atoms with Crippen LogP contribution in [-0.2, 0) is 14.8 Å². The number of carbonyl (C=O) groups is 1. The zero-order chi connectivity index (χ0) is 20.2. The average molecular weight is 391 g/mol. The van der Waals surface area contributed by atoms with Crippen LogP contribution in [-0.4, -0.2) is 25.0 Å². The summed E-state index contributed by atoms with van der Waals surface area (Å²) in [7, 11) is -4.07. The fraction of sp³-hybridized carbons (Fsp3) is 0.125. The fourth-order valence-electron chi connectivity index (χ4n) is 2.17. The van der Waals surface area contributed by atoms with E-state index in [0.717, 1.165) is 12.1 Å². The van der Waals surface area contributed by atoms with Gasteiger partial charge in [-0.1, -0.05) is 12.1 Å². The molecule has 0 aliphatic rings. The molecule has 0 atom stereocenters. The molecule has 0 unspecified atom stereocenters. The molecule has 2 aromatic rings. The molecule has 0 aliphatic carbocycles. The lowest BCUT2D eigenvalue weighted by atomic mass is 10.1. The highest BCUT2D eigenvalue weighted by molar-refractivity contribution is 7.89. The standard InChI is InChI=1S/C16H17N5O5S/c1-10(12-4-3-5-13(8-12)18-11(2)22)19-20-15-7-6-14(27(17,25)26)9-16(15)21(23)24/h3-9,20H,1-2H3,(H,18,22)(H2,17,25,26)/b19-10+. The summed E-state index contributed by atoms with van der Waals surface area (Å²) in [5.41, 5.74) is 3.83. The van der Waals surface area contributed by atoms with Crippen LogP contribution in [0.1, 0.15) is 19.4 Å². The first kappa shape index (κ1) is 20.0. The molecular formula is C16H17N5O5S. The van der Waals surface area contributed by atoms with Crippen LogP contribution in [0.2, 0.25) is 0 Å². The molecule has 0 aromatic heterocycles. The number of anilines is 2. The number of primary sulfonamides is 1. The van der Waals surface area contributed by atoms with Crippen LogP contribution in [0.4, 0.5) is 17.1 Å². The van der Waals surface area contributed by atoms with Crippen molar-refractivity contribution in [1.29, 1.82) is 0 Å². The molecule has 0 radical (unpaired) electrons. The Hall–Kier alpha value is -3.31. The molecule has 0 fully saturated rings. The van der Waals surface area contributed by atoms with E-state index < -0.39 is 20.6 Å². The summed E-state index contributed by atoms with van der Waals surface area (Å²) >= 11 is 0. The molecule has 0 spiro atoms. The number of amides is 1. The van der Waals surface area contributed by atoms with Crippen LogP contribution in [0.5, 0.6) is 0 Å². The molecule has 0 saturated heterocycles. The number of nitrogens with one attached hydrogen (secondary N) is 2. The Kier molecular flexibility index (Phi) is 5.88. The summed E-state index contributed by atoms with van der Waals surface area (Å²) in [4.78, 5) is 21.2. The number of benzene rings is 2. The van der Waals surface area contributed by atoms with Gasteiger partial charge in [-0.05, 0) is 36.8 Å². The van der Waals surface area contributed by atoms with Gasteiger partial charge in [-0.3, -0.25) is 20.3 Å². The number of hydrazone groups is 1. The van der Waals surface area contributed by atoms with Crippen molar-refractivity contribution in [3.05, 3.63) is 58.1 Å². The lowest BCUT2D eigenvalue weighted by Gasteiger charge is -2.07. The first-order valence-electron chi connectivity index (χ1n) is 7.57. The molecule has 2 rings (SSSR count). The normalized spacial score (nSPS) is 11.7. The van der Waals surface area contributed by atoms with Crippen LogP contribution >= 0.6 is 0 Å². The number of nitro benzene ring substituents is 1. The zero-order valence-electron chi connectivity index (χ0n) is 14.5. The van der Waals surface area contributed by atoms with Crippen LogP contribution in [0.25, 0.3) is 0 Å². The lowest BCUT2D eigenvalue weighted by molar-refractivity contribution is -0.384. The molecule has 10 nitrogen and oxygen atoms in total. The Bertz CT molecular complexity index is 1030. The average Bonchev–Trinajstić information content (AvgIpc) is 2.58. The summed E-state index contributed by atoms with van der Waals surface area (Å²) in [5.74, 6) is -0.217. The number of nitro groups is 1. The summed E-state index contributed by atoms with van der Waals surface area (Å²) in [6, 6.07) is 10.1. The van der Waals surface area contributed by atoms with Gasteiger partial charge in [-0.25, -0.2) is 13.6 Å². The number of carbonyl (C=O) groups excluding carboxylic acids is 1. The van der Waals surface area contributed by atoms with E-state index in [9.17, 15) is 23.3 Å². The first-order valence-corrected chi connectivity index (χ1v) is 9.12. The third-order valence-corrected chi connectivity index (χ3v) is 4.35. The van der Waals surface area contributed by atoms with Gasteiger partial charge in [0.05, 0.1) is 15.5 Å². The number of rotatable bonds is 6. The highest BCUT2D eigenvalue weighted by atomic mass is 32.2. The first-order chi connectivity index (χ1) is 12.6. The SMILES string of the molecule is CC(=O)Nc1cccc(/C(C)=N/Nc2ccc(S(N)(=O)=O)cc2[N+](=O)[O-])c1. The quantitative estimate of drug-likeness (QED) is 0.388. The van der Waals surface area contributed by atoms with Gasteiger partial charge in [-0.15, -0.1) is 0 Å². The number of hydrogen-bond acceptors (Lipinski definition) is 7. The van der Waals surface area contributed by atoms with Crippen LogP contribution in [0.3, 0.4) is 0 Å². The molecule has 4 N–H and O–H groups in total. The molecule has 0 bridgehead atoms. The number of nitrogens with zero attached hydrogens (tertiary/aromatic N) is 2. The van der Waals surface area contributed by atoms with Crippen LogP contribution in [0.15, 0.2) is 52.5 Å². The largest absolute Gasteiger partial charge is 0.326 e. The Morgan fingerprint density at radius 1 is 1.19 bits per heavy atom. The van der Waals surface area contributed by atoms with Crippen molar-refractivity contribution in [1.82, 2.24) is 0 Å². The highest BCUT2D eigenvalue weighted by Crippen LogP contribution is 2.27. The number of hydrogen-bond donors (Lipinski definition) is 3. The highest BCUT2D eigenvalue weighted by Gasteiger charge is 2.19. The van der Waals surface area contributed by atoms with Gasteiger partial charge in [0.25, 0.3) is 5.69 Å². The molecule has 27 heavy (non-hydrogen) atoms. The van der Waals surface area contributed by atoms with Crippen molar-refractivity contribution in [3.63, 3.8) is 0 Å². The molecule has 142 valence electrons. The second kappa shape index (κ2) is 7.93. The molecule has 0 heterocycles. The smallest absolute Gasteiger partial charge is 0.295 e. The van der Waals surface area contributed by atoms with Crippen molar-refractivity contribution in [2.24, 2.45) is 10.2 Å². The van der Waals surface area contributed by atoms with E-state index in [2.05, 4.69) is 15.8 Å². The van der Waals surface area contributed by atoms with Gasteiger partial charge in [0.15, 0.2) is 0 Å². The Morgan fingerprint density at radius 2 is 1.89 bits per heavy atom. The van der Waals surface area contributed by atoms with E-state index in [1.165, 1.54) is 13.0 Å². The second-order valence-corrected chi connectivity index (χ2v) is 7.11. The predicted octanol–water partition coefficient (Wildman–Crippen LogP) is 2.04. The van der Waals surface area contributed by atoms with Crippen molar-refractivity contribution in [3.8, 4) is 0 Å². The van der Waals surface area contributed by atoms with Gasteiger partial charge >= 0.3 is 0 Å². The van der Waals surface area contributed by atoms with Gasteiger partial charge < -0.3 is 5.32 Å². The minimum absolute atomic E-state index is 0.00441. The predicted molar refractivity (Wildman–Crippen MR) is 101 cm³/mol. The Balaban J connectivity index is 2.31. The minimum Gasteiger partial charge on any atom is -0.326 e. The Morgan fingerprint density at radius 3 is 2.48 bits per heavy atom. The van der Waals surface area contributed by atoms with Gasteiger partial charge in [0.1, 0.15) is 5.69 Å². The van der Waals surface area contributed by atoms with Crippen molar-refractivity contribution in [2.45, 2.75) is 18.7 Å². The van der Waals surface area contributed by atoms with Gasteiger partial charge in [0, 0.05) is 18.7 Å². The van der Waals surface area contributed by atoms with E-state index in [4.69, 9.17) is 5.14 Å². The maximum atomic E-state index is 11.4. The maximum absolute atomic E-state index is 11.4. The van der Waals surface area contributed by atoms with E-state index in [1.54, 1.807) is 31.2 Å². The summed E-state index contributed by atoms with van der Waals surface area (Å²) in [5, 5.41) is 22.9. The van der Waals surface area contributed by atoms with Crippen molar-refractivity contribution in [2.75, 3.05) is 10.7 Å².